The van der Waals surface area contributed by atoms with Crippen molar-refractivity contribution >= 4 is 11.6 Å². The fourth-order valence-corrected chi connectivity index (χ4v) is 5.12. The number of aromatic nitrogens is 2. The highest BCUT2D eigenvalue weighted by molar-refractivity contribution is 6.30. The fourth-order valence-electron chi connectivity index (χ4n) is 4.86. The quantitative estimate of drug-likeness (QED) is 0.282. The number of rotatable bonds is 8. The summed E-state index contributed by atoms with van der Waals surface area (Å²) in [6, 6.07) is 8.65. The second-order valence-corrected chi connectivity index (χ2v) is 9.68. The summed E-state index contributed by atoms with van der Waals surface area (Å²) in [5.41, 5.74) is 4.49. The molecule has 2 aromatic rings. The summed E-state index contributed by atoms with van der Waals surface area (Å²) < 4.78 is 17.7. The van der Waals surface area contributed by atoms with Crippen molar-refractivity contribution < 1.29 is 14.2 Å². The molecule has 1 atom stereocenters. The van der Waals surface area contributed by atoms with E-state index >= 15 is 0 Å². The molecule has 0 saturated carbocycles. The number of benzene rings is 1. The Balaban J connectivity index is 0.000000555. The van der Waals surface area contributed by atoms with Crippen LogP contribution in [0.2, 0.25) is 5.15 Å². The Bertz CT molecular complexity index is 1090. The molecular formula is C30H42ClN3O3. The predicted octanol–water partition coefficient (Wildman–Crippen LogP) is 6.70. The minimum absolute atomic E-state index is 0.0463. The van der Waals surface area contributed by atoms with Gasteiger partial charge in [0.25, 0.3) is 0 Å². The molecule has 0 radical (unpaired) electrons. The molecule has 0 spiro atoms. The molecule has 6 nitrogen and oxygen atoms in total. The van der Waals surface area contributed by atoms with Crippen LogP contribution in [0.3, 0.4) is 0 Å². The van der Waals surface area contributed by atoms with Crippen molar-refractivity contribution in [1.82, 2.24) is 14.5 Å². The van der Waals surface area contributed by atoms with Crippen molar-refractivity contribution in [3.63, 3.8) is 0 Å². The van der Waals surface area contributed by atoms with Gasteiger partial charge < -0.3 is 18.8 Å². The largest absolute Gasteiger partial charge is 0.496 e. The third-order valence-corrected chi connectivity index (χ3v) is 7.24. The van der Waals surface area contributed by atoms with E-state index in [0.29, 0.717) is 5.15 Å². The summed E-state index contributed by atoms with van der Waals surface area (Å²) in [5, 5.41) is 0.578. The van der Waals surface area contributed by atoms with Gasteiger partial charge in [-0.1, -0.05) is 67.9 Å². The topological polar surface area (TPSA) is 48.8 Å². The molecular weight excluding hydrogens is 486 g/mol. The van der Waals surface area contributed by atoms with Crippen LogP contribution in [0.1, 0.15) is 51.3 Å². The van der Waals surface area contributed by atoms with Gasteiger partial charge in [-0.05, 0) is 51.3 Å². The number of nitrogens with zero attached hydrogens (tertiary/aromatic N) is 3. The standard InChI is InChI=1S/C26H34ClN3O.C4H8O2/c1-6-8-16-24(31-5)19(3)22-15-11-12-17-30(22)18-23-25(27)28-26(29(23)4)21-14-10-9-13-20(21)7-2;1-4-5-2-3-6-4/h6,8-10,13-14,16,22H,3,7,11-12,15,17-18H2,1-2,4-5H3;4H,2-3H2,1H3/b8-6-,24-16+;. The third-order valence-electron chi connectivity index (χ3n) is 6.94. The number of methoxy groups -OCH3 is 1. The summed E-state index contributed by atoms with van der Waals surface area (Å²) in [6.07, 6.45) is 10.4. The van der Waals surface area contributed by atoms with Gasteiger partial charge in [-0.3, -0.25) is 4.90 Å². The number of piperidine rings is 1. The van der Waals surface area contributed by atoms with E-state index in [9.17, 15) is 0 Å². The Morgan fingerprint density at radius 1 is 1.24 bits per heavy atom. The first-order chi connectivity index (χ1) is 17.9. The molecule has 1 aromatic heterocycles. The van der Waals surface area contributed by atoms with E-state index in [-0.39, 0.29) is 12.3 Å². The van der Waals surface area contributed by atoms with Crippen LogP contribution in [-0.2, 0) is 34.2 Å². The number of halogens is 1. The summed E-state index contributed by atoms with van der Waals surface area (Å²) in [7, 11) is 3.78. The highest BCUT2D eigenvalue weighted by Gasteiger charge is 2.29. The van der Waals surface area contributed by atoms with Gasteiger partial charge in [0, 0.05) is 30.8 Å². The molecule has 2 saturated heterocycles. The molecule has 0 amide bonds. The number of hydrogen-bond acceptors (Lipinski definition) is 5. The number of imidazole rings is 1. The molecule has 0 aliphatic carbocycles. The highest BCUT2D eigenvalue weighted by atomic mass is 35.5. The lowest BCUT2D eigenvalue weighted by Crippen LogP contribution is -2.41. The van der Waals surface area contributed by atoms with E-state index < -0.39 is 0 Å². The van der Waals surface area contributed by atoms with Gasteiger partial charge in [0.1, 0.15) is 11.6 Å². The first-order valence-electron chi connectivity index (χ1n) is 13.2. The fraction of sp³-hybridized carbons (Fsp3) is 0.500. The summed E-state index contributed by atoms with van der Waals surface area (Å²) in [6.45, 7) is 13.7. The number of ether oxygens (including phenoxy) is 3. The predicted molar refractivity (Wildman–Crippen MR) is 151 cm³/mol. The lowest BCUT2D eigenvalue weighted by atomic mass is 9.94. The second kappa shape index (κ2) is 14.5. The van der Waals surface area contributed by atoms with Crippen LogP contribution in [-0.4, -0.2) is 53.7 Å². The molecule has 2 aliphatic rings. The Labute approximate surface area is 227 Å². The zero-order chi connectivity index (χ0) is 26.8. The average Bonchev–Trinajstić information content (AvgIpc) is 3.51. The van der Waals surface area contributed by atoms with Gasteiger partial charge in [-0.15, -0.1) is 0 Å². The lowest BCUT2D eigenvalue weighted by Gasteiger charge is -2.37. The highest BCUT2D eigenvalue weighted by Crippen LogP contribution is 2.32. The Kier molecular flexibility index (Phi) is 11.5. The Morgan fingerprint density at radius 2 is 1.97 bits per heavy atom. The molecule has 3 heterocycles. The zero-order valence-corrected chi connectivity index (χ0v) is 23.8. The first-order valence-corrected chi connectivity index (χ1v) is 13.6. The van der Waals surface area contributed by atoms with Crippen molar-refractivity contribution in [2.24, 2.45) is 7.05 Å². The monoisotopic (exact) mass is 527 g/mol. The Morgan fingerprint density at radius 3 is 2.59 bits per heavy atom. The van der Waals surface area contributed by atoms with Gasteiger partial charge in [-0.25, -0.2) is 4.98 Å². The maximum Gasteiger partial charge on any atom is 0.155 e. The summed E-state index contributed by atoms with van der Waals surface area (Å²) in [4.78, 5) is 7.22. The lowest BCUT2D eigenvalue weighted by molar-refractivity contribution is -0.0254. The molecule has 2 aliphatic heterocycles. The Hall–Kier alpha value is -2.38. The number of hydrogen-bond donors (Lipinski definition) is 0. The molecule has 1 unspecified atom stereocenters. The molecule has 0 bridgehead atoms. The van der Waals surface area contributed by atoms with Crippen LogP contribution in [0.25, 0.3) is 11.4 Å². The smallest absolute Gasteiger partial charge is 0.155 e. The second-order valence-electron chi connectivity index (χ2n) is 9.32. The van der Waals surface area contributed by atoms with E-state index in [2.05, 4.69) is 54.3 Å². The number of aryl methyl sites for hydroxylation is 1. The van der Waals surface area contributed by atoms with E-state index in [1.807, 2.05) is 32.1 Å². The number of likely N-dealkylation sites (tertiary alicyclic amines) is 1. The maximum absolute atomic E-state index is 6.67. The van der Waals surface area contributed by atoms with Gasteiger partial charge in [0.2, 0.25) is 0 Å². The molecule has 4 rings (SSSR count). The molecule has 7 heteroatoms. The van der Waals surface area contributed by atoms with Crippen LogP contribution in [0.4, 0.5) is 0 Å². The van der Waals surface area contributed by atoms with Crippen LogP contribution in [0.5, 0.6) is 0 Å². The molecule has 37 heavy (non-hydrogen) atoms. The molecule has 202 valence electrons. The average molecular weight is 528 g/mol. The minimum Gasteiger partial charge on any atom is -0.496 e. The van der Waals surface area contributed by atoms with E-state index in [4.69, 9.17) is 30.8 Å². The first kappa shape index (κ1) is 29.2. The maximum atomic E-state index is 6.67. The molecule has 0 N–H and O–H groups in total. The van der Waals surface area contributed by atoms with E-state index in [1.54, 1.807) is 7.11 Å². The SMILES string of the molecule is C=C(/C(=C\C=C/C)OC)C1CCCCN1Cc1c(Cl)nc(-c2ccccc2CC)n1C.CC1OCCO1. The minimum atomic E-state index is 0.0463. The summed E-state index contributed by atoms with van der Waals surface area (Å²) in [5.74, 6) is 1.76. The van der Waals surface area contributed by atoms with Gasteiger partial charge >= 0.3 is 0 Å². The molecule has 1 aromatic carbocycles. The zero-order valence-electron chi connectivity index (χ0n) is 23.0. The van der Waals surface area contributed by atoms with Crippen LogP contribution in [0, 0.1) is 0 Å². The van der Waals surface area contributed by atoms with Gasteiger partial charge in [-0.2, -0.15) is 0 Å². The van der Waals surface area contributed by atoms with Crippen molar-refractivity contribution in [1.29, 1.82) is 0 Å². The van der Waals surface area contributed by atoms with Crippen molar-refractivity contribution in [2.75, 3.05) is 26.9 Å². The van der Waals surface area contributed by atoms with Crippen molar-refractivity contribution in [2.45, 2.75) is 65.3 Å². The number of allylic oxidation sites excluding steroid dienone is 3. The molecule has 2 fully saturated rings. The summed E-state index contributed by atoms with van der Waals surface area (Å²) >= 11 is 6.67. The van der Waals surface area contributed by atoms with Gasteiger partial charge in [0.15, 0.2) is 11.4 Å². The van der Waals surface area contributed by atoms with Crippen molar-refractivity contribution in [3.05, 3.63) is 76.8 Å². The van der Waals surface area contributed by atoms with E-state index in [0.717, 1.165) is 67.6 Å². The third kappa shape index (κ3) is 7.57. The van der Waals surface area contributed by atoms with Crippen LogP contribution < -0.4 is 0 Å². The van der Waals surface area contributed by atoms with Gasteiger partial charge in [0.05, 0.1) is 26.0 Å². The van der Waals surface area contributed by atoms with Crippen molar-refractivity contribution in [3.8, 4) is 11.4 Å². The van der Waals surface area contributed by atoms with E-state index in [1.165, 1.54) is 18.4 Å². The van der Waals surface area contributed by atoms with Crippen LogP contribution >= 0.6 is 11.6 Å². The normalized spacial score (nSPS) is 19.2. The van der Waals surface area contributed by atoms with Crippen LogP contribution in [0.15, 0.2) is 60.4 Å².